The minimum Gasteiger partial charge on any atom is -0.462 e. The standard InChI is InChI=1S/C28H48O5/c1-3-5-6-7-8-9-10-11-12-13-14-15-16-17-18-19-20-21-22-23-28(31)33-26(24-29)25-32-27(30)4-2/h8-9,11-12,14-15,26,29H,3-7,10,13,16-25H2,1-2H3/b9-8-,12-11-,15-14-. The van der Waals surface area contributed by atoms with Crippen LogP contribution in [-0.4, -0.2) is 36.4 Å². The van der Waals surface area contributed by atoms with Gasteiger partial charge in [0.25, 0.3) is 0 Å². The fourth-order valence-electron chi connectivity index (χ4n) is 3.19. The topological polar surface area (TPSA) is 72.8 Å². The molecule has 0 bridgehead atoms. The molecule has 0 aliphatic heterocycles. The van der Waals surface area contributed by atoms with E-state index in [0.29, 0.717) is 6.42 Å². The quantitative estimate of drug-likeness (QED) is 0.106. The van der Waals surface area contributed by atoms with Gasteiger partial charge in [-0.05, 0) is 44.9 Å². The minimum absolute atomic E-state index is 0.0871. The third-order valence-corrected chi connectivity index (χ3v) is 5.24. The van der Waals surface area contributed by atoms with Crippen LogP contribution in [0.1, 0.15) is 110 Å². The van der Waals surface area contributed by atoms with Crippen molar-refractivity contribution in [2.45, 2.75) is 116 Å². The molecule has 1 atom stereocenters. The molecule has 0 fully saturated rings. The summed E-state index contributed by atoms with van der Waals surface area (Å²) in [5, 5.41) is 9.22. The summed E-state index contributed by atoms with van der Waals surface area (Å²) in [5.74, 6) is -0.711. The first kappa shape index (κ1) is 31.1. The summed E-state index contributed by atoms with van der Waals surface area (Å²) in [6, 6.07) is 0. The average molecular weight is 465 g/mol. The van der Waals surface area contributed by atoms with Crippen LogP contribution in [0.4, 0.5) is 0 Å². The number of esters is 2. The van der Waals surface area contributed by atoms with Crippen molar-refractivity contribution >= 4 is 11.9 Å². The van der Waals surface area contributed by atoms with Gasteiger partial charge in [0, 0.05) is 12.8 Å². The molecule has 1 N–H and O–H groups in total. The lowest BCUT2D eigenvalue weighted by molar-refractivity contribution is -0.161. The molecule has 0 aromatic heterocycles. The van der Waals surface area contributed by atoms with Crippen molar-refractivity contribution in [3.8, 4) is 0 Å². The second-order valence-corrected chi connectivity index (χ2v) is 8.37. The van der Waals surface area contributed by atoms with E-state index in [1.807, 2.05) is 0 Å². The summed E-state index contributed by atoms with van der Waals surface area (Å²) >= 11 is 0. The summed E-state index contributed by atoms with van der Waals surface area (Å²) in [6.45, 7) is 3.49. The van der Waals surface area contributed by atoms with E-state index in [-0.39, 0.29) is 31.6 Å². The van der Waals surface area contributed by atoms with Gasteiger partial charge in [-0.3, -0.25) is 9.59 Å². The van der Waals surface area contributed by atoms with E-state index in [4.69, 9.17) is 9.47 Å². The molecule has 0 aliphatic rings. The lowest BCUT2D eigenvalue weighted by Gasteiger charge is -2.15. The maximum Gasteiger partial charge on any atom is 0.306 e. The highest BCUT2D eigenvalue weighted by molar-refractivity contribution is 5.70. The fourth-order valence-corrected chi connectivity index (χ4v) is 3.19. The third-order valence-electron chi connectivity index (χ3n) is 5.24. The first-order valence-electron chi connectivity index (χ1n) is 13.0. The largest absolute Gasteiger partial charge is 0.462 e. The number of rotatable bonds is 22. The van der Waals surface area contributed by atoms with E-state index in [2.05, 4.69) is 43.4 Å². The number of ether oxygens (including phenoxy) is 2. The van der Waals surface area contributed by atoms with Gasteiger partial charge >= 0.3 is 11.9 Å². The minimum atomic E-state index is -0.770. The molecule has 0 heterocycles. The van der Waals surface area contributed by atoms with Gasteiger partial charge in [-0.2, -0.15) is 0 Å². The Morgan fingerprint density at radius 2 is 1.27 bits per heavy atom. The van der Waals surface area contributed by atoms with Crippen LogP contribution in [0, 0.1) is 0 Å². The number of allylic oxidation sites excluding steroid dienone is 6. The molecule has 0 amide bonds. The zero-order valence-corrected chi connectivity index (χ0v) is 21.1. The lowest BCUT2D eigenvalue weighted by atomic mass is 10.1. The molecule has 0 spiro atoms. The van der Waals surface area contributed by atoms with Crippen LogP contribution in [0.2, 0.25) is 0 Å². The van der Waals surface area contributed by atoms with Gasteiger partial charge < -0.3 is 14.6 Å². The average Bonchev–Trinajstić information content (AvgIpc) is 2.82. The van der Waals surface area contributed by atoms with Gasteiger partial charge in [0.1, 0.15) is 6.61 Å². The summed E-state index contributed by atoms with van der Waals surface area (Å²) < 4.78 is 10.1. The van der Waals surface area contributed by atoms with Crippen molar-refractivity contribution in [3.05, 3.63) is 36.5 Å². The molecular formula is C28H48O5. The predicted octanol–water partition coefficient (Wildman–Crippen LogP) is 6.99. The Labute approximate surface area is 202 Å². The lowest BCUT2D eigenvalue weighted by Crippen LogP contribution is -2.28. The van der Waals surface area contributed by atoms with Gasteiger partial charge in [0.2, 0.25) is 0 Å². The summed E-state index contributed by atoms with van der Waals surface area (Å²) in [4.78, 5) is 22.9. The Balaban J connectivity index is 3.51. The number of aliphatic hydroxyl groups is 1. The van der Waals surface area contributed by atoms with Crippen molar-refractivity contribution < 1.29 is 24.2 Å². The zero-order chi connectivity index (χ0) is 24.4. The number of carbonyl (C=O) groups excluding carboxylic acids is 2. The van der Waals surface area contributed by atoms with Crippen molar-refractivity contribution in [1.82, 2.24) is 0 Å². The second-order valence-electron chi connectivity index (χ2n) is 8.37. The van der Waals surface area contributed by atoms with Gasteiger partial charge in [0.05, 0.1) is 6.61 Å². The Bertz CT molecular complexity index is 550. The van der Waals surface area contributed by atoms with Gasteiger partial charge in [-0.15, -0.1) is 0 Å². The number of carbonyl (C=O) groups is 2. The maximum atomic E-state index is 11.8. The van der Waals surface area contributed by atoms with E-state index >= 15 is 0 Å². The SMILES string of the molecule is CCCCC/C=C\C/C=C\C/C=C\CCCCCCCCC(=O)OC(CO)COC(=O)CC. The maximum absolute atomic E-state index is 11.8. The first-order valence-corrected chi connectivity index (χ1v) is 13.0. The van der Waals surface area contributed by atoms with Crippen molar-refractivity contribution in [2.75, 3.05) is 13.2 Å². The molecule has 1 unspecified atom stereocenters. The highest BCUT2D eigenvalue weighted by Crippen LogP contribution is 2.10. The van der Waals surface area contributed by atoms with Crippen LogP contribution in [0.25, 0.3) is 0 Å². The Morgan fingerprint density at radius 3 is 1.85 bits per heavy atom. The zero-order valence-electron chi connectivity index (χ0n) is 21.1. The predicted molar refractivity (Wildman–Crippen MR) is 136 cm³/mol. The molecule has 190 valence electrons. The number of hydrogen-bond donors (Lipinski definition) is 1. The van der Waals surface area contributed by atoms with Crippen LogP contribution < -0.4 is 0 Å². The normalized spacial score (nSPS) is 12.7. The molecular weight excluding hydrogens is 416 g/mol. The Morgan fingerprint density at radius 1 is 0.727 bits per heavy atom. The van der Waals surface area contributed by atoms with E-state index in [1.54, 1.807) is 6.92 Å². The highest BCUT2D eigenvalue weighted by atomic mass is 16.6. The summed E-state index contributed by atoms with van der Waals surface area (Å²) in [7, 11) is 0. The molecule has 0 aliphatic carbocycles. The Kier molecular flexibility index (Phi) is 23.3. The van der Waals surface area contributed by atoms with Crippen LogP contribution >= 0.6 is 0 Å². The highest BCUT2D eigenvalue weighted by Gasteiger charge is 2.15. The van der Waals surface area contributed by atoms with Crippen molar-refractivity contribution in [2.24, 2.45) is 0 Å². The molecule has 0 saturated heterocycles. The van der Waals surface area contributed by atoms with Gasteiger partial charge in [-0.1, -0.05) is 88.8 Å². The molecule has 0 aromatic carbocycles. The van der Waals surface area contributed by atoms with E-state index in [0.717, 1.165) is 38.5 Å². The van der Waals surface area contributed by atoms with Crippen LogP contribution in [-0.2, 0) is 19.1 Å². The van der Waals surface area contributed by atoms with Gasteiger partial charge in [0.15, 0.2) is 6.10 Å². The Hall–Kier alpha value is -1.88. The second kappa shape index (κ2) is 24.8. The number of unbranched alkanes of at least 4 members (excludes halogenated alkanes) is 9. The molecule has 33 heavy (non-hydrogen) atoms. The molecule has 0 rings (SSSR count). The molecule has 0 saturated carbocycles. The summed E-state index contributed by atoms with van der Waals surface area (Å²) in [5.41, 5.74) is 0. The fraction of sp³-hybridized carbons (Fsp3) is 0.714. The summed E-state index contributed by atoms with van der Waals surface area (Å²) in [6.07, 6.45) is 28.2. The van der Waals surface area contributed by atoms with Crippen LogP contribution in [0.3, 0.4) is 0 Å². The van der Waals surface area contributed by atoms with Crippen molar-refractivity contribution in [1.29, 1.82) is 0 Å². The van der Waals surface area contributed by atoms with Crippen LogP contribution in [0.15, 0.2) is 36.5 Å². The van der Waals surface area contributed by atoms with Crippen LogP contribution in [0.5, 0.6) is 0 Å². The number of hydrogen-bond acceptors (Lipinski definition) is 5. The molecule has 5 nitrogen and oxygen atoms in total. The van der Waals surface area contributed by atoms with E-state index in [1.165, 1.54) is 44.9 Å². The molecule has 0 radical (unpaired) electrons. The monoisotopic (exact) mass is 464 g/mol. The number of aliphatic hydroxyl groups excluding tert-OH is 1. The smallest absolute Gasteiger partial charge is 0.306 e. The van der Waals surface area contributed by atoms with Gasteiger partial charge in [-0.25, -0.2) is 0 Å². The first-order chi connectivity index (χ1) is 16.1. The third kappa shape index (κ3) is 23.1. The molecule has 5 heteroatoms. The van der Waals surface area contributed by atoms with E-state index < -0.39 is 6.10 Å². The van der Waals surface area contributed by atoms with E-state index in [9.17, 15) is 14.7 Å². The molecule has 0 aromatic rings. The van der Waals surface area contributed by atoms with Crippen molar-refractivity contribution in [3.63, 3.8) is 0 Å².